The third-order valence-corrected chi connectivity index (χ3v) is 3.05. The van der Waals surface area contributed by atoms with Crippen LogP contribution in [0.4, 0.5) is 0 Å². The average molecular weight is 236 g/mol. The lowest BCUT2D eigenvalue weighted by atomic mass is 9.91. The zero-order valence-corrected chi connectivity index (χ0v) is 11.2. The van der Waals surface area contributed by atoms with Gasteiger partial charge in [-0.25, -0.2) is 0 Å². The first-order valence-corrected chi connectivity index (χ1v) is 6.65. The average Bonchev–Trinajstić information content (AvgIpc) is 2.95. The molecular formula is C13H24N4. The molecule has 96 valence electrons. The van der Waals surface area contributed by atoms with E-state index in [1.165, 1.54) is 25.7 Å². The Bertz CT molecular complexity index is 347. The van der Waals surface area contributed by atoms with Crippen LogP contribution in [0.15, 0.2) is 6.20 Å². The normalized spacial score (nSPS) is 16.4. The Balaban J connectivity index is 1.69. The first-order chi connectivity index (χ1) is 8.03. The second kappa shape index (κ2) is 5.17. The highest BCUT2D eigenvalue weighted by Crippen LogP contribution is 2.21. The standard InChI is InChI=1S/C13H24N4/c1-13(2,3)7-4-8-17-10-12(15-16-17)9-14-11-5-6-11/h10-11,14H,4-9H2,1-3H3. The number of aryl methyl sites for hydroxylation is 1. The number of aromatic nitrogens is 3. The van der Waals surface area contributed by atoms with Gasteiger partial charge in [0.25, 0.3) is 0 Å². The molecule has 1 N–H and O–H groups in total. The molecule has 0 radical (unpaired) electrons. The zero-order chi connectivity index (χ0) is 12.3. The molecule has 1 aromatic heterocycles. The lowest BCUT2D eigenvalue weighted by molar-refractivity contribution is 0.347. The van der Waals surface area contributed by atoms with E-state index in [4.69, 9.17) is 0 Å². The highest BCUT2D eigenvalue weighted by atomic mass is 15.4. The van der Waals surface area contributed by atoms with Gasteiger partial charge in [-0.1, -0.05) is 26.0 Å². The predicted octanol–water partition coefficient (Wildman–Crippen LogP) is 2.36. The maximum atomic E-state index is 4.18. The molecule has 1 aromatic rings. The first kappa shape index (κ1) is 12.6. The summed E-state index contributed by atoms with van der Waals surface area (Å²) in [6.45, 7) is 8.68. The Morgan fingerprint density at radius 3 is 2.82 bits per heavy atom. The summed E-state index contributed by atoms with van der Waals surface area (Å²) in [5.74, 6) is 0. The minimum atomic E-state index is 0.414. The van der Waals surface area contributed by atoms with Gasteiger partial charge in [-0.3, -0.25) is 4.68 Å². The minimum absolute atomic E-state index is 0.414. The molecule has 0 amide bonds. The molecule has 1 heterocycles. The molecule has 0 aliphatic heterocycles. The predicted molar refractivity (Wildman–Crippen MR) is 68.6 cm³/mol. The van der Waals surface area contributed by atoms with Gasteiger partial charge in [-0.05, 0) is 31.1 Å². The molecule has 4 nitrogen and oxygen atoms in total. The quantitative estimate of drug-likeness (QED) is 0.824. The summed E-state index contributed by atoms with van der Waals surface area (Å²) in [4.78, 5) is 0. The maximum Gasteiger partial charge on any atom is 0.0964 e. The van der Waals surface area contributed by atoms with E-state index in [-0.39, 0.29) is 0 Å². The first-order valence-electron chi connectivity index (χ1n) is 6.65. The van der Waals surface area contributed by atoms with Gasteiger partial charge in [0.1, 0.15) is 0 Å². The van der Waals surface area contributed by atoms with Gasteiger partial charge < -0.3 is 5.32 Å². The van der Waals surface area contributed by atoms with E-state index in [2.05, 4.69) is 42.6 Å². The third-order valence-electron chi connectivity index (χ3n) is 3.05. The lowest BCUT2D eigenvalue weighted by Gasteiger charge is -2.17. The Morgan fingerprint density at radius 2 is 2.18 bits per heavy atom. The number of nitrogens with zero attached hydrogens (tertiary/aromatic N) is 3. The van der Waals surface area contributed by atoms with Crippen LogP contribution in [0.2, 0.25) is 0 Å². The van der Waals surface area contributed by atoms with Crippen molar-refractivity contribution in [2.75, 3.05) is 0 Å². The summed E-state index contributed by atoms with van der Waals surface area (Å²) in [6, 6.07) is 0.737. The van der Waals surface area contributed by atoms with E-state index < -0.39 is 0 Å². The zero-order valence-electron chi connectivity index (χ0n) is 11.2. The molecule has 0 bridgehead atoms. The molecule has 0 atom stereocenters. The van der Waals surface area contributed by atoms with Crippen molar-refractivity contribution in [2.45, 2.75) is 65.6 Å². The molecule has 0 saturated heterocycles. The van der Waals surface area contributed by atoms with E-state index >= 15 is 0 Å². The van der Waals surface area contributed by atoms with Gasteiger partial charge >= 0.3 is 0 Å². The van der Waals surface area contributed by atoms with Crippen molar-refractivity contribution >= 4 is 0 Å². The largest absolute Gasteiger partial charge is 0.308 e. The summed E-state index contributed by atoms with van der Waals surface area (Å²) in [7, 11) is 0. The Hall–Kier alpha value is -0.900. The summed E-state index contributed by atoms with van der Waals surface area (Å²) in [5, 5.41) is 11.8. The Kier molecular flexibility index (Phi) is 3.82. The van der Waals surface area contributed by atoms with E-state index in [1.54, 1.807) is 0 Å². The summed E-state index contributed by atoms with van der Waals surface area (Å²) < 4.78 is 1.97. The van der Waals surface area contributed by atoms with Crippen LogP contribution in [0.5, 0.6) is 0 Å². The van der Waals surface area contributed by atoms with Crippen LogP contribution in [0.25, 0.3) is 0 Å². The topological polar surface area (TPSA) is 42.7 Å². The van der Waals surface area contributed by atoms with Crippen molar-refractivity contribution in [3.63, 3.8) is 0 Å². The van der Waals surface area contributed by atoms with Crippen molar-refractivity contribution in [1.29, 1.82) is 0 Å². The molecule has 0 aromatic carbocycles. The van der Waals surface area contributed by atoms with Gasteiger partial charge in [0.15, 0.2) is 0 Å². The number of hydrogen-bond donors (Lipinski definition) is 1. The molecule has 1 saturated carbocycles. The molecule has 1 fully saturated rings. The van der Waals surface area contributed by atoms with Crippen LogP contribution in [-0.4, -0.2) is 21.0 Å². The van der Waals surface area contributed by atoms with Gasteiger partial charge in [-0.15, -0.1) is 5.10 Å². The van der Waals surface area contributed by atoms with E-state index in [0.717, 1.165) is 24.8 Å². The molecule has 4 heteroatoms. The summed E-state index contributed by atoms with van der Waals surface area (Å²) in [6.07, 6.45) is 7.10. The van der Waals surface area contributed by atoms with Gasteiger partial charge in [0.05, 0.1) is 5.69 Å². The Morgan fingerprint density at radius 1 is 1.41 bits per heavy atom. The smallest absolute Gasteiger partial charge is 0.0964 e. The van der Waals surface area contributed by atoms with Crippen molar-refractivity contribution in [1.82, 2.24) is 20.3 Å². The van der Waals surface area contributed by atoms with E-state index in [9.17, 15) is 0 Å². The van der Waals surface area contributed by atoms with Gasteiger partial charge in [-0.2, -0.15) is 0 Å². The molecule has 2 rings (SSSR count). The second-order valence-corrected chi connectivity index (χ2v) is 6.29. The van der Waals surface area contributed by atoms with Crippen LogP contribution >= 0.6 is 0 Å². The molecule has 0 spiro atoms. The van der Waals surface area contributed by atoms with Crippen LogP contribution < -0.4 is 5.32 Å². The van der Waals surface area contributed by atoms with Gasteiger partial charge in [0.2, 0.25) is 0 Å². The SMILES string of the molecule is CC(C)(C)CCCn1cc(CNC2CC2)nn1. The molecule has 1 aliphatic carbocycles. The second-order valence-electron chi connectivity index (χ2n) is 6.29. The maximum absolute atomic E-state index is 4.18. The number of rotatable bonds is 6. The molecular weight excluding hydrogens is 212 g/mol. The highest BCUT2D eigenvalue weighted by Gasteiger charge is 2.20. The van der Waals surface area contributed by atoms with Crippen LogP contribution in [0, 0.1) is 5.41 Å². The molecule has 17 heavy (non-hydrogen) atoms. The molecule has 1 aliphatic rings. The summed E-state index contributed by atoms with van der Waals surface area (Å²) >= 11 is 0. The lowest BCUT2D eigenvalue weighted by Crippen LogP contribution is -2.15. The van der Waals surface area contributed by atoms with E-state index in [1.807, 2.05) is 4.68 Å². The Labute approximate surface area is 104 Å². The van der Waals surface area contributed by atoms with Crippen LogP contribution in [-0.2, 0) is 13.1 Å². The number of nitrogens with one attached hydrogen (secondary N) is 1. The third kappa shape index (κ3) is 4.86. The fourth-order valence-corrected chi connectivity index (χ4v) is 1.84. The van der Waals surface area contributed by atoms with E-state index in [0.29, 0.717) is 5.41 Å². The van der Waals surface area contributed by atoms with Crippen LogP contribution in [0.3, 0.4) is 0 Å². The minimum Gasteiger partial charge on any atom is -0.308 e. The fourth-order valence-electron chi connectivity index (χ4n) is 1.84. The van der Waals surface area contributed by atoms with Crippen molar-refractivity contribution in [3.05, 3.63) is 11.9 Å². The number of hydrogen-bond acceptors (Lipinski definition) is 3. The van der Waals surface area contributed by atoms with Crippen LogP contribution in [0.1, 0.15) is 52.1 Å². The van der Waals surface area contributed by atoms with Crippen molar-refractivity contribution in [2.24, 2.45) is 5.41 Å². The monoisotopic (exact) mass is 236 g/mol. The van der Waals surface area contributed by atoms with Gasteiger partial charge in [0, 0.05) is 25.3 Å². The highest BCUT2D eigenvalue weighted by molar-refractivity contribution is 4.94. The summed E-state index contributed by atoms with van der Waals surface area (Å²) in [5.41, 5.74) is 1.48. The van der Waals surface area contributed by atoms with Crippen molar-refractivity contribution in [3.8, 4) is 0 Å². The van der Waals surface area contributed by atoms with Crippen molar-refractivity contribution < 1.29 is 0 Å². The molecule has 0 unspecified atom stereocenters. The fraction of sp³-hybridized carbons (Fsp3) is 0.846.